The molecule has 1 heterocycles. The molecule has 2 fully saturated rings. The first-order valence-electron chi connectivity index (χ1n) is 7.00. The van der Waals surface area contributed by atoms with Crippen LogP contribution >= 0.6 is 0 Å². The van der Waals surface area contributed by atoms with E-state index < -0.39 is 5.97 Å². The Labute approximate surface area is 113 Å². The van der Waals surface area contributed by atoms with Crippen LogP contribution in [0.5, 0.6) is 0 Å². The number of carboxylic acids is 1. The lowest BCUT2D eigenvalue weighted by Crippen LogP contribution is -2.51. The summed E-state index contributed by atoms with van der Waals surface area (Å²) < 4.78 is 5.53. The second kappa shape index (κ2) is 6.23. The van der Waals surface area contributed by atoms with Crippen molar-refractivity contribution in [2.24, 2.45) is 5.92 Å². The maximum Gasteiger partial charge on any atom is 0.317 e. The topological polar surface area (TPSA) is 78.9 Å². The van der Waals surface area contributed by atoms with E-state index >= 15 is 0 Å². The number of carbonyl (C=O) groups excluding carboxylic acids is 1. The van der Waals surface area contributed by atoms with E-state index in [1.807, 2.05) is 6.92 Å². The molecule has 2 rings (SSSR count). The first-order valence-corrected chi connectivity index (χ1v) is 7.00. The fourth-order valence-corrected chi connectivity index (χ4v) is 2.75. The van der Waals surface area contributed by atoms with Crippen molar-refractivity contribution in [2.45, 2.75) is 44.8 Å². The van der Waals surface area contributed by atoms with Gasteiger partial charge in [0.2, 0.25) is 0 Å². The van der Waals surface area contributed by atoms with Gasteiger partial charge in [0.1, 0.15) is 0 Å². The van der Waals surface area contributed by atoms with Crippen molar-refractivity contribution in [3.05, 3.63) is 0 Å². The maximum absolute atomic E-state index is 12.1. The predicted octanol–water partition coefficient (Wildman–Crippen LogP) is 1.06. The van der Waals surface area contributed by atoms with Crippen LogP contribution in [0.2, 0.25) is 0 Å². The Morgan fingerprint density at radius 2 is 2.21 bits per heavy atom. The molecule has 1 aliphatic carbocycles. The number of nitrogens with one attached hydrogen (secondary N) is 1. The first kappa shape index (κ1) is 14.1. The fourth-order valence-electron chi connectivity index (χ4n) is 2.75. The molecular formula is C13H22N2O4. The number of urea groups is 1. The summed E-state index contributed by atoms with van der Waals surface area (Å²) in [4.78, 5) is 24.8. The van der Waals surface area contributed by atoms with Gasteiger partial charge in [-0.1, -0.05) is 6.92 Å². The molecule has 0 bridgehead atoms. The van der Waals surface area contributed by atoms with E-state index in [4.69, 9.17) is 9.84 Å². The van der Waals surface area contributed by atoms with Gasteiger partial charge in [0.25, 0.3) is 0 Å². The van der Waals surface area contributed by atoms with Crippen LogP contribution in [0.1, 0.15) is 32.6 Å². The number of ether oxygens (including phenoxy) is 1. The number of hydrogen-bond acceptors (Lipinski definition) is 3. The van der Waals surface area contributed by atoms with E-state index in [9.17, 15) is 9.59 Å². The lowest BCUT2D eigenvalue weighted by atomic mass is 10.1. The van der Waals surface area contributed by atoms with Gasteiger partial charge in [-0.3, -0.25) is 4.79 Å². The van der Waals surface area contributed by atoms with Crippen molar-refractivity contribution in [1.29, 1.82) is 0 Å². The predicted molar refractivity (Wildman–Crippen MR) is 68.9 cm³/mol. The van der Waals surface area contributed by atoms with Crippen LogP contribution in [0.4, 0.5) is 4.79 Å². The van der Waals surface area contributed by atoms with E-state index in [0.29, 0.717) is 32.5 Å². The lowest BCUT2D eigenvalue weighted by Gasteiger charge is -2.33. The third kappa shape index (κ3) is 3.59. The summed E-state index contributed by atoms with van der Waals surface area (Å²) in [5.74, 6) is -1.06. The van der Waals surface area contributed by atoms with Gasteiger partial charge in [-0.25, -0.2) is 4.79 Å². The zero-order valence-corrected chi connectivity index (χ0v) is 11.3. The summed E-state index contributed by atoms with van der Waals surface area (Å²) in [6, 6.07) is -0.0886. The molecule has 2 amide bonds. The molecule has 2 aliphatic rings. The molecule has 3 atom stereocenters. The van der Waals surface area contributed by atoms with Crippen LogP contribution < -0.4 is 5.32 Å². The standard InChI is InChI=1S/C13H22N2O4/c1-2-11-8-15(5-6-19-11)13(18)14-10-4-3-9(7-10)12(16)17/h9-11H,2-8H2,1H3,(H,14,18)(H,16,17)/t9-,10+,11?/m1/s1. The van der Waals surface area contributed by atoms with Crippen molar-refractivity contribution in [2.75, 3.05) is 19.7 Å². The average Bonchev–Trinajstić information content (AvgIpc) is 2.87. The van der Waals surface area contributed by atoms with Gasteiger partial charge < -0.3 is 20.1 Å². The maximum atomic E-state index is 12.1. The molecule has 6 heteroatoms. The smallest absolute Gasteiger partial charge is 0.317 e. The number of carbonyl (C=O) groups is 2. The number of aliphatic carboxylic acids is 1. The Bertz CT molecular complexity index is 348. The molecule has 1 saturated carbocycles. The zero-order chi connectivity index (χ0) is 13.8. The van der Waals surface area contributed by atoms with Gasteiger partial charge in [0.15, 0.2) is 0 Å². The average molecular weight is 270 g/mol. The second-order valence-corrected chi connectivity index (χ2v) is 5.34. The zero-order valence-electron chi connectivity index (χ0n) is 11.3. The highest BCUT2D eigenvalue weighted by Gasteiger charge is 2.32. The van der Waals surface area contributed by atoms with Crippen LogP contribution in [0.25, 0.3) is 0 Å². The number of carboxylic acid groups (broad SMARTS) is 1. The molecule has 1 aliphatic heterocycles. The largest absolute Gasteiger partial charge is 0.481 e. The quantitative estimate of drug-likeness (QED) is 0.803. The Kier molecular flexibility index (Phi) is 4.63. The molecule has 1 saturated heterocycles. The van der Waals surface area contributed by atoms with Gasteiger partial charge in [-0.15, -0.1) is 0 Å². The Hall–Kier alpha value is -1.30. The van der Waals surface area contributed by atoms with Crippen LogP contribution in [0.15, 0.2) is 0 Å². The summed E-state index contributed by atoms with van der Waals surface area (Å²) in [6.07, 6.45) is 2.97. The van der Waals surface area contributed by atoms with Crippen molar-refractivity contribution in [1.82, 2.24) is 10.2 Å². The van der Waals surface area contributed by atoms with Crippen LogP contribution in [-0.4, -0.2) is 53.8 Å². The third-order valence-corrected chi connectivity index (χ3v) is 3.99. The number of morpholine rings is 1. The Balaban J connectivity index is 1.79. The SMILES string of the molecule is CCC1CN(C(=O)N[C@H]2CC[C@@H](C(=O)O)C2)CCO1. The Morgan fingerprint density at radius 1 is 1.42 bits per heavy atom. The summed E-state index contributed by atoms with van der Waals surface area (Å²) in [5, 5.41) is 11.9. The molecule has 0 aromatic heterocycles. The van der Waals surface area contributed by atoms with E-state index in [1.165, 1.54) is 0 Å². The van der Waals surface area contributed by atoms with Gasteiger partial charge in [-0.05, 0) is 25.7 Å². The molecule has 19 heavy (non-hydrogen) atoms. The molecule has 1 unspecified atom stereocenters. The van der Waals surface area contributed by atoms with Gasteiger partial charge in [0, 0.05) is 19.1 Å². The summed E-state index contributed by atoms with van der Waals surface area (Å²) in [7, 11) is 0. The van der Waals surface area contributed by atoms with Crippen molar-refractivity contribution in [3.63, 3.8) is 0 Å². The summed E-state index contributed by atoms with van der Waals surface area (Å²) in [6.45, 7) is 3.85. The highest BCUT2D eigenvalue weighted by molar-refractivity contribution is 5.75. The minimum absolute atomic E-state index is 0.00322. The second-order valence-electron chi connectivity index (χ2n) is 5.34. The monoisotopic (exact) mass is 270 g/mol. The normalized spacial score (nSPS) is 31.2. The van der Waals surface area contributed by atoms with Crippen molar-refractivity contribution < 1.29 is 19.4 Å². The van der Waals surface area contributed by atoms with E-state index in [1.54, 1.807) is 4.90 Å². The molecule has 0 radical (unpaired) electrons. The highest BCUT2D eigenvalue weighted by Crippen LogP contribution is 2.25. The van der Waals surface area contributed by atoms with Crippen LogP contribution in [-0.2, 0) is 9.53 Å². The van der Waals surface area contributed by atoms with Crippen LogP contribution in [0.3, 0.4) is 0 Å². The summed E-state index contributed by atoms with van der Waals surface area (Å²) >= 11 is 0. The fraction of sp³-hybridized carbons (Fsp3) is 0.846. The van der Waals surface area contributed by atoms with Gasteiger partial charge in [0.05, 0.1) is 18.6 Å². The lowest BCUT2D eigenvalue weighted by molar-refractivity contribution is -0.141. The number of rotatable bonds is 3. The van der Waals surface area contributed by atoms with E-state index in [0.717, 1.165) is 12.8 Å². The third-order valence-electron chi connectivity index (χ3n) is 3.99. The molecule has 0 spiro atoms. The molecular weight excluding hydrogens is 248 g/mol. The van der Waals surface area contributed by atoms with Gasteiger partial charge >= 0.3 is 12.0 Å². The molecule has 0 aromatic carbocycles. The highest BCUT2D eigenvalue weighted by atomic mass is 16.5. The minimum Gasteiger partial charge on any atom is -0.481 e. The van der Waals surface area contributed by atoms with Crippen LogP contribution in [0, 0.1) is 5.92 Å². The van der Waals surface area contributed by atoms with Crippen molar-refractivity contribution in [3.8, 4) is 0 Å². The molecule has 2 N–H and O–H groups in total. The van der Waals surface area contributed by atoms with Crippen molar-refractivity contribution >= 4 is 12.0 Å². The van der Waals surface area contributed by atoms with E-state index in [2.05, 4.69) is 5.32 Å². The number of amides is 2. The minimum atomic E-state index is -0.755. The molecule has 108 valence electrons. The number of nitrogens with zero attached hydrogens (tertiary/aromatic N) is 1. The summed E-state index contributed by atoms with van der Waals surface area (Å²) in [5.41, 5.74) is 0. The molecule has 0 aromatic rings. The Morgan fingerprint density at radius 3 is 2.84 bits per heavy atom. The molecule has 6 nitrogen and oxygen atoms in total. The van der Waals surface area contributed by atoms with E-state index in [-0.39, 0.29) is 24.1 Å². The van der Waals surface area contributed by atoms with Gasteiger partial charge in [-0.2, -0.15) is 0 Å². The first-order chi connectivity index (χ1) is 9.10. The number of hydrogen-bond donors (Lipinski definition) is 2.